The maximum Gasteiger partial charge on any atom is 0.139 e. The summed E-state index contributed by atoms with van der Waals surface area (Å²) in [6.45, 7) is 0.0797. The molecule has 0 saturated carbocycles. The van der Waals surface area contributed by atoms with Crippen molar-refractivity contribution in [2.24, 2.45) is 5.73 Å². The van der Waals surface area contributed by atoms with Gasteiger partial charge in [-0.2, -0.15) is 0 Å². The van der Waals surface area contributed by atoms with Gasteiger partial charge in [-0.25, -0.2) is 9.37 Å². The van der Waals surface area contributed by atoms with Crippen molar-refractivity contribution in [1.82, 2.24) is 9.55 Å². The molecule has 18 heavy (non-hydrogen) atoms. The number of nitrogens with two attached hydrogens (primary N) is 1. The van der Waals surface area contributed by atoms with Crippen molar-refractivity contribution >= 4 is 0 Å². The molecule has 4 nitrogen and oxygen atoms in total. The molecule has 0 spiro atoms. The Kier molecular flexibility index (Phi) is 4.09. The van der Waals surface area contributed by atoms with Crippen LogP contribution < -0.4 is 10.5 Å². The molecule has 0 fully saturated rings. The summed E-state index contributed by atoms with van der Waals surface area (Å²) in [4.78, 5) is 3.96. The number of hydrogen-bond donors (Lipinski definition) is 1. The summed E-state index contributed by atoms with van der Waals surface area (Å²) in [5.41, 5.74) is 6.16. The lowest BCUT2D eigenvalue weighted by Gasteiger charge is -2.06. The fourth-order valence-electron chi connectivity index (χ4n) is 1.47. The van der Waals surface area contributed by atoms with E-state index < -0.39 is 0 Å². The molecule has 0 saturated heterocycles. The van der Waals surface area contributed by atoms with Crippen molar-refractivity contribution in [3.05, 3.63) is 54.9 Å². The normalized spacial score (nSPS) is 11.6. The van der Waals surface area contributed by atoms with Crippen LogP contribution in [0.2, 0.25) is 0 Å². The van der Waals surface area contributed by atoms with Crippen LogP contribution in [0.4, 0.5) is 4.39 Å². The maximum atomic E-state index is 13.0. The molecule has 1 heterocycles. The molecule has 0 aliphatic rings. The van der Waals surface area contributed by atoms with E-state index in [-0.39, 0.29) is 19.0 Å². The Bertz CT molecular complexity index is 506. The van der Waals surface area contributed by atoms with Crippen LogP contribution in [0.25, 0.3) is 5.69 Å². The highest BCUT2D eigenvalue weighted by Crippen LogP contribution is 2.15. The Morgan fingerprint density at radius 1 is 1.39 bits per heavy atom. The number of ether oxygens (including phenoxy) is 1. The first-order valence-corrected chi connectivity index (χ1v) is 5.55. The zero-order valence-electron chi connectivity index (χ0n) is 9.79. The second-order valence-corrected chi connectivity index (χ2v) is 3.64. The Hall–Kier alpha value is -2.14. The maximum absolute atomic E-state index is 13.0. The SMILES string of the molecule is NC/C=C(/F)COc1ccc(-n2ccnc2)cc1. The summed E-state index contributed by atoms with van der Waals surface area (Å²) in [6.07, 6.45) is 6.55. The highest BCUT2D eigenvalue weighted by atomic mass is 19.1. The number of imidazole rings is 1. The smallest absolute Gasteiger partial charge is 0.139 e. The number of rotatable bonds is 5. The van der Waals surface area contributed by atoms with Crippen LogP contribution in [-0.2, 0) is 0 Å². The molecule has 0 aliphatic carbocycles. The third kappa shape index (κ3) is 3.18. The molecule has 0 unspecified atom stereocenters. The number of aromatic nitrogens is 2. The number of nitrogens with zero attached hydrogens (tertiary/aromatic N) is 2. The fraction of sp³-hybridized carbons (Fsp3) is 0.154. The molecule has 2 rings (SSSR count). The van der Waals surface area contributed by atoms with E-state index in [1.165, 1.54) is 6.08 Å². The highest BCUT2D eigenvalue weighted by Gasteiger charge is 1.99. The molecule has 2 aromatic rings. The van der Waals surface area contributed by atoms with Crippen LogP contribution in [0.5, 0.6) is 5.75 Å². The molecule has 0 atom stereocenters. The van der Waals surface area contributed by atoms with E-state index >= 15 is 0 Å². The molecule has 94 valence electrons. The second-order valence-electron chi connectivity index (χ2n) is 3.64. The number of halogens is 1. The van der Waals surface area contributed by atoms with Gasteiger partial charge in [0, 0.05) is 24.6 Å². The van der Waals surface area contributed by atoms with Crippen molar-refractivity contribution in [1.29, 1.82) is 0 Å². The standard InChI is InChI=1S/C13H14FN3O/c14-11(5-6-15)9-18-13-3-1-12(2-4-13)17-8-7-16-10-17/h1-5,7-8,10H,6,9,15H2/b11-5+. The molecule has 0 aliphatic heterocycles. The molecular formula is C13H14FN3O. The van der Waals surface area contributed by atoms with E-state index in [0.717, 1.165) is 5.69 Å². The predicted octanol–water partition coefficient (Wildman–Crippen LogP) is 2.06. The van der Waals surface area contributed by atoms with Crippen molar-refractivity contribution in [2.45, 2.75) is 0 Å². The van der Waals surface area contributed by atoms with Crippen LogP contribution in [0.3, 0.4) is 0 Å². The van der Waals surface area contributed by atoms with Crippen LogP contribution in [0, 0.1) is 0 Å². The molecule has 2 N–H and O–H groups in total. The first-order chi connectivity index (χ1) is 8.79. The van der Waals surface area contributed by atoms with Gasteiger partial charge in [0.1, 0.15) is 18.2 Å². The van der Waals surface area contributed by atoms with Gasteiger partial charge in [-0.1, -0.05) is 0 Å². The monoisotopic (exact) mass is 247 g/mol. The minimum Gasteiger partial charge on any atom is -0.487 e. The number of benzene rings is 1. The van der Waals surface area contributed by atoms with Crippen molar-refractivity contribution in [3.8, 4) is 11.4 Å². The van der Waals surface area contributed by atoms with E-state index in [1.807, 2.05) is 22.9 Å². The van der Waals surface area contributed by atoms with E-state index in [0.29, 0.717) is 5.75 Å². The van der Waals surface area contributed by atoms with Crippen molar-refractivity contribution < 1.29 is 9.13 Å². The Balaban J connectivity index is 1.98. The summed E-state index contributed by atoms with van der Waals surface area (Å²) in [6, 6.07) is 7.32. The van der Waals surface area contributed by atoms with Gasteiger partial charge < -0.3 is 15.0 Å². The third-order valence-electron chi connectivity index (χ3n) is 2.36. The predicted molar refractivity (Wildman–Crippen MR) is 67.3 cm³/mol. The summed E-state index contributed by atoms with van der Waals surface area (Å²) in [5, 5.41) is 0. The summed E-state index contributed by atoms with van der Waals surface area (Å²) >= 11 is 0. The molecule has 1 aromatic heterocycles. The average Bonchev–Trinajstić information content (AvgIpc) is 2.91. The quantitative estimate of drug-likeness (QED) is 0.879. The van der Waals surface area contributed by atoms with Crippen LogP contribution >= 0.6 is 0 Å². The van der Waals surface area contributed by atoms with Gasteiger partial charge in [-0.15, -0.1) is 0 Å². The molecule has 1 aromatic carbocycles. The lowest BCUT2D eigenvalue weighted by atomic mass is 10.3. The third-order valence-corrected chi connectivity index (χ3v) is 2.36. The summed E-state index contributed by atoms with van der Waals surface area (Å²) in [7, 11) is 0. The largest absolute Gasteiger partial charge is 0.487 e. The van der Waals surface area contributed by atoms with E-state index in [9.17, 15) is 4.39 Å². The van der Waals surface area contributed by atoms with Crippen LogP contribution in [0.1, 0.15) is 0 Å². The van der Waals surface area contributed by atoms with Crippen LogP contribution in [-0.4, -0.2) is 22.7 Å². The molecule has 5 heteroatoms. The first kappa shape index (κ1) is 12.3. The first-order valence-electron chi connectivity index (χ1n) is 5.55. The molecular weight excluding hydrogens is 233 g/mol. The minimum atomic E-state index is -0.365. The topological polar surface area (TPSA) is 53.1 Å². The van der Waals surface area contributed by atoms with Crippen molar-refractivity contribution in [3.63, 3.8) is 0 Å². The molecule has 0 amide bonds. The summed E-state index contributed by atoms with van der Waals surface area (Å²) in [5.74, 6) is 0.246. The van der Waals surface area contributed by atoms with Crippen LogP contribution in [0.15, 0.2) is 54.9 Å². The highest BCUT2D eigenvalue weighted by molar-refractivity contribution is 5.37. The zero-order chi connectivity index (χ0) is 12.8. The lowest BCUT2D eigenvalue weighted by Crippen LogP contribution is -2.01. The minimum absolute atomic E-state index is 0.0956. The lowest BCUT2D eigenvalue weighted by molar-refractivity contribution is 0.318. The van der Waals surface area contributed by atoms with Gasteiger partial charge in [-0.3, -0.25) is 0 Å². The van der Waals surface area contributed by atoms with Gasteiger partial charge in [0.2, 0.25) is 0 Å². The Morgan fingerprint density at radius 2 is 2.17 bits per heavy atom. The van der Waals surface area contributed by atoms with Crippen molar-refractivity contribution in [2.75, 3.05) is 13.2 Å². The molecule has 0 bridgehead atoms. The van der Waals surface area contributed by atoms with Gasteiger partial charge >= 0.3 is 0 Å². The second kappa shape index (κ2) is 5.97. The van der Waals surface area contributed by atoms with Gasteiger partial charge in [0.05, 0.1) is 6.33 Å². The van der Waals surface area contributed by atoms with Gasteiger partial charge in [0.15, 0.2) is 0 Å². The molecule has 0 radical (unpaired) electrons. The van der Waals surface area contributed by atoms with E-state index in [2.05, 4.69) is 4.98 Å². The zero-order valence-corrected chi connectivity index (χ0v) is 9.79. The Labute approximate surface area is 105 Å². The van der Waals surface area contributed by atoms with E-state index in [4.69, 9.17) is 10.5 Å². The Morgan fingerprint density at radius 3 is 2.78 bits per heavy atom. The average molecular weight is 247 g/mol. The fourth-order valence-corrected chi connectivity index (χ4v) is 1.47. The van der Waals surface area contributed by atoms with Gasteiger partial charge in [-0.05, 0) is 30.3 Å². The summed E-state index contributed by atoms with van der Waals surface area (Å²) < 4.78 is 20.2. The number of hydrogen-bond acceptors (Lipinski definition) is 3. The van der Waals surface area contributed by atoms with E-state index in [1.54, 1.807) is 24.7 Å². The van der Waals surface area contributed by atoms with Gasteiger partial charge in [0.25, 0.3) is 0 Å².